The maximum atomic E-state index is 11.5. The van der Waals surface area contributed by atoms with Crippen LogP contribution < -0.4 is 5.32 Å². The lowest BCUT2D eigenvalue weighted by atomic mass is 9.96. The van der Waals surface area contributed by atoms with E-state index in [1.807, 2.05) is 20.8 Å². The Morgan fingerprint density at radius 2 is 2.00 bits per heavy atom. The molecule has 5 nitrogen and oxygen atoms in total. The lowest BCUT2D eigenvalue weighted by Gasteiger charge is -2.15. The molecule has 0 aliphatic carbocycles. The van der Waals surface area contributed by atoms with Gasteiger partial charge in [-0.2, -0.15) is 0 Å². The van der Waals surface area contributed by atoms with Crippen molar-refractivity contribution in [3.05, 3.63) is 5.69 Å². The van der Waals surface area contributed by atoms with Gasteiger partial charge in [-0.05, 0) is 12.1 Å². The van der Waals surface area contributed by atoms with Crippen LogP contribution in [0.1, 0.15) is 26.5 Å². The highest BCUT2D eigenvalue weighted by atomic mass is 16.6. The monoisotopic (exact) mass is 183 g/mol. The van der Waals surface area contributed by atoms with E-state index >= 15 is 0 Å². The Kier molecular flexibility index (Phi) is 2.36. The Morgan fingerprint density at radius 1 is 1.38 bits per heavy atom. The van der Waals surface area contributed by atoms with Crippen molar-refractivity contribution in [3.8, 4) is 0 Å². The highest BCUT2D eigenvalue weighted by molar-refractivity contribution is 5.93. The molecule has 0 bridgehead atoms. The molecule has 0 saturated carbocycles. The first-order valence-electron chi connectivity index (χ1n) is 4.02. The molecule has 0 unspecified atom stereocenters. The molecular formula is C8H13N3O2. The molecule has 0 atom stereocenters. The lowest BCUT2D eigenvalue weighted by molar-refractivity contribution is -0.123. The van der Waals surface area contributed by atoms with Gasteiger partial charge >= 0.3 is 0 Å². The molecule has 1 aromatic heterocycles. The summed E-state index contributed by atoms with van der Waals surface area (Å²) in [6, 6.07) is 0. The number of anilines is 1. The summed E-state index contributed by atoms with van der Waals surface area (Å²) in [5.74, 6) is 0.284. The van der Waals surface area contributed by atoms with Crippen molar-refractivity contribution in [2.75, 3.05) is 5.32 Å². The number of nitrogens with zero attached hydrogens (tertiary/aromatic N) is 2. The van der Waals surface area contributed by atoms with Gasteiger partial charge in [0, 0.05) is 5.41 Å². The van der Waals surface area contributed by atoms with Gasteiger partial charge in [0.2, 0.25) is 5.91 Å². The summed E-state index contributed by atoms with van der Waals surface area (Å²) in [7, 11) is 0. The highest BCUT2D eigenvalue weighted by Crippen LogP contribution is 2.17. The van der Waals surface area contributed by atoms with Crippen molar-refractivity contribution >= 4 is 11.7 Å². The molecule has 0 aromatic carbocycles. The molecule has 0 fully saturated rings. The summed E-state index contributed by atoms with van der Waals surface area (Å²) in [4.78, 5) is 11.5. The first kappa shape index (κ1) is 9.70. The van der Waals surface area contributed by atoms with Gasteiger partial charge in [-0.1, -0.05) is 25.9 Å². The number of hydrogen-bond acceptors (Lipinski definition) is 4. The van der Waals surface area contributed by atoms with Crippen molar-refractivity contribution in [1.82, 2.24) is 10.3 Å². The SMILES string of the molecule is Cc1nonc1NC(=O)C(C)(C)C. The summed E-state index contributed by atoms with van der Waals surface area (Å²) in [6.45, 7) is 7.19. The predicted octanol–water partition coefficient (Wildman–Crippen LogP) is 1.36. The van der Waals surface area contributed by atoms with Crippen molar-refractivity contribution in [1.29, 1.82) is 0 Å². The average Bonchev–Trinajstić information content (AvgIpc) is 2.34. The van der Waals surface area contributed by atoms with Crippen LogP contribution in [0.15, 0.2) is 4.63 Å². The molecule has 0 aliphatic heterocycles. The third kappa shape index (κ3) is 2.27. The van der Waals surface area contributed by atoms with Gasteiger partial charge in [0.25, 0.3) is 0 Å². The molecule has 72 valence electrons. The number of carbonyl (C=O) groups is 1. The Hall–Kier alpha value is -1.39. The largest absolute Gasteiger partial charge is 0.306 e. The summed E-state index contributed by atoms with van der Waals surface area (Å²) in [5.41, 5.74) is 0.142. The molecule has 5 heteroatoms. The van der Waals surface area contributed by atoms with Crippen LogP contribution in [-0.2, 0) is 4.79 Å². The van der Waals surface area contributed by atoms with E-state index in [1.54, 1.807) is 6.92 Å². The minimum absolute atomic E-state index is 0.105. The van der Waals surface area contributed by atoms with Crippen molar-refractivity contribution < 1.29 is 9.42 Å². The zero-order chi connectivity index (χ0) is 10.1. The van der Waals surface area contributed by atoms with E-state index < -0.39 is 5.41 Å². The van der Waals surface area contributed by atoms with Crippen LogP contribution in [0.25, 0.3) is 0 Å². The smallest absolute Gasteiger partial charge is 0.231 e. The Morgan fingerprint density at radius 3 is 2.38 bits per heavy atom. The Balaban J connectivity index is 2.71. The van der Waals surface area contributed by atoms with Gasteiger partial charge in [0.05, 0.1) is 0 Å². The number of aromatic nitrogens is 2. The minimum Gasteiger partial charge on any atom is -0.306 e. The first-order chi connectivity index (χ1) is 5.91. The fourth-order valence-corrected chi connectivity index (χ4v) is 0.640. The van der Waals surface area contributed by atoms with E-state index in [-0.39, 0.29) is 5.91 Å². The standard InChI is InChI=1S/C8H13N3O2/c1-5-6(11-13-10-5)9-7(12)8(2,3)4/h1-4H3,(H,9,11,12). The maximum absolute atomic E-state index is 11.5. The second-order valence-electron chi connectivity index (χ2n) is 3.90. The molecule has 13 heavy (non-hydrogen) atoms. The fraction of sp³-hybridized carbons (Fsp3) is 0.625. The molecule has 1 N–H and O–H groups in total. The summed E-state index contributed by atoms with van der Waals surface area (Å²) < 4.78 is 4.44. The number of hydrogen-bond donors (Lipinski definition) is 1. The zero-order valence-corrected chi connectivity index (χ0v) is 8.21. The van der Waals surface area contributed by atoms with Gasteiger partial charge in [0.1, 0.15) is 5.69 Å². The van der Waals surface area contributed by atoms with Crippen molar-refractivity contribution in [2.24, 2.45) is 5.41 Å². The quantitative estimate of drug-likeness (QED) is 0.713. The van der Waals surface area contributed by atoms with E-state index in [9.17, 15) is 4.79 Å². The number of nitrogens with one attached hydrogen (secondary N) is 1. The fourth-order valence-electron chi connectivity index (χ4n) is 0.640. The van der Waals surface area contributed by atoms with Gasteiger partial charge in [-0.25, -0.2) is 4.63 Å². The molecule has 0 aliphatic rings. The first-order valence-corrected chi connectivity index (χ1v) is 4.02. The lowest BCUT2D eigenvalue weighted by Crippen LogP contribution is -2.28. The third-order valence-corrected chi connectivity index (χ3v) is 1.57. The molecule has 0 saturated heterocycles. The normalized spacial score (nSPS) is 11.4. The predicted molar refractivity (Wildman–Crippen MR) is 47.1 cm³/mol. The Bertz CT molecular complexity index is 311. The minimum atomic E-state index is -0.439. The summed E-state index contributed by atoms with van der Waals surface area (Å²) in [6.07, 6.45) is 0. The molecule has 1 amide bonds. The van der Waals surface area contributed by atoms with E-state index in [2.05, 4.69) is 20.3 Å². The van der Waals surface area contributed by atoms with E-state index in [0.717, 1.165) is 0 Å². The molecule has 0 spiro atoms. The number of aryl methyl sites for hydroxylation is 1. The molecular weight excluding hydrogens is 170 g/mol. The second kappa shape index (κ2) is 3.16. The Labute approximate surface area is 76.5 Å². The average molecular weight is 183 g/mol. The van der Waals surface area contributed by atoms with Crippen LogP contribution in [0.3, 0.4) is 0 Å². The van der Waals surface area contributed by atoms with Gasteiger partial charge in [-0.3, -0.25) is 4.79 Å². The molecule has 0 radical (unpaired) electrons. The zero-order valence-electron chi connectivity index (χ0n) is 8.21. The van der Waals surface area contributed by atoms with Crippen LogP contribution in [0, 0.1) is 12.3 Å². The van der Waals surface area contributed by atoms with E-state index in [0.29, 0.717) is 11.5 Å². The van der Waals surface area contributed by atoms with E-state index in [4.69, 9.17) is 0 Å². The van der Waals surface area contributed by atoms with E-state index in [1.165, 1.54) is 0 Å². The topological polar surface area (TPSA) is 68.0 Å². The maximum Gasteiger partial charge on any atom is 0.231 e. The number of rotatable bonds is 1. The van der Waals surface area contributed by atoms with Crippen LogP contribution in [0.5, 0.6) is 0 Å². The molecule has 1 aromatic rings. The third-order valence-electron chi connectivity index (χ3n) is 1.57. The van der Waals surface area contributed by atoms with Gasteiger partial charge in [0.15, 0.2) is 5.82 Å². The highest BCUT2D eigenvalue weighted by Gasteiger charge is 2.22. The van der Waals surface area contributed by atoms with Crippen LogP contribution in [0.4, 0.5) is 5.82 Å². The number of carbonyl (C=O) groups excluding carboxylic acids is 1. The van der Waals surface area contributed by atoms with Gasteiger partial charge < -0.3 is 5.32 Å². The van der Waals surface area contributed by atoms with Gasteiger partial charge in [-0.15, -0.1) is 0 Å². The van der Waals surface area contributed by atoms with Crippen LogP contribution in [-0.4, -0.2) is 16.2 Å². The summed E-state index contributed by atoms with van der Waals surface area (Å²) in [5, 5.41) is 9.73. The number of amides is 1. The van der Waals surface area contributed by atoms with Crippen molar-refractivity contribution in [2.45, 2.75) is 27.7 Å². The molecule has 1 rings (SSSR count). The summed E-state index contributed by atoms with van der Waals surface area (Å²) >= 11 is 0. The van der Waals surface area contributed by atoms with Crippen LogP contribution >= 0.6 is 0 Å². The molecule has 1 heterocycles. The van der Waals surface area contributed by atoms with Crippen molar-refractivity contribution in [3.63, 3.8) is 0 Å². The van der Waals surface area contributed by atoms with Crippen LogP contribution in [0.2, 0.25) is 0 Å². The second-order valence-corrected chi connectivity index (χ2v) is 3.90.